The molecule has 0 bridgehead atoms. The molecule has 0 unspecified atom stereocenters. The van der Waals surface area contributed by atoms with Gasteiger partial charge in [0, 0.05) is 12.2 Å². The number of hydrogen-bond donors (Lipinski definition) is 0. The van der Waals surface area contributed by atoms with Gasteiger partial charge in [0.15, 0.2) is 0 Å². The van der Waals surface area contributed by atoms with Crippen LogP contribution in [-0.2, 0) is 11.2 Å². The molecule has 1 amide bonds. The molecular formula is C18H28N2O. The Hall–Kier alpha value is -1.35. The molecule has 21 heavy (non-hydrogen) atoms. The van der Waals surface area contributed by atoms with Gasteiger partial charge in [-0.1, -0.05) is 32.0 Å². The number of fused-ring (bicyclic) bond motifs is 1. The van der Waals surface area contributed by atoms with Gasteiger partial charge >= 0.3 is 0 Å². The Balaban J connectivity index is 2.06. The van der Waals surface area contributed by atoms with Crippen LogP contribution in [0.5, 0.6) is 0 Å². The van der Waals surface area contributed by atoms with Crippen LogP contribution in [0.15, 0.2) is 24.3 Å². The van der Waals surface area contributed by atoms with Gasteiger partial charge < -0.3 is 4.90 Å². The van der Waals surface area contributed by atoms with Crippen LogP contribution in [0.4, 0.5) is 5.69 Å². The molecule has 2 rings (SSSR count). The van der Waals surface area contributed by atoms with Gasteiger partial charge in [0.1, 0.15) is 0 Å². The quantitative estimate of drug-likeness (QED) is 0.829. The summed E-state index contributed by atoms with van der Waals surface area (Å²) in [6.07, 6.45) is 3.27. The molecule has 0 N–H and O–H groups in total. The number of anilines is 1. The maximum absolute atomic E-state index is 12.8. The second kappa shape index (κ2) is 7.08. The third-order valence-electron chi connectivity index (χ3n) is 4.45. The Morgan fingerprint density at radius 2 is 2.00 bits per heavy atom. The number of nitrogens with zero attached hydrogens (tertiary/aromatic N) is 2. The van der Waals surface area contributed by atoms with E-state index in [9.17, 15) is 4.79 Å². The zero-order valence-electron chi connectivity index (χ0n) is 13.8. The molecular weight excluding hydrogens is 260 g/mol. The molecule has 1 atom stereocenters. The summed E-state index contributed by atoms with van der Waals surface area (Å²) in [5.74, 6) is 0.902. The first kappa shape index (κ1) is 16.0. The van der Waals surface area contributed by atoms with E-state index < -0.39 is 0 Å². The highest BCUT2D eigenvalue weighted by Crippen LogP contribution is 2.27. The van der Waals surface area contributed by atoms with Crippen molar-refractivity contribution in [3.05, 3.63) is 29.8 Å². The zero-order valence-corrected chi connectivity index (χ0v) is 13.8. The van der Waals surface area contributed by atoms with Gasteiger partial charge in [0.05, 0.1) is 6.04 Å². The van der Waals surface area contributed by atoms with Gasteiger partial charge in [0.25, 0.3) is 0 Å². The zero-order chi connectivity index (χ0) is 15.4. The van der Waals surface area contributed by atoms with Crippen LogP contribution in [-0.4, -0.2) is 37.0 Å². The Kier molecular flexibility index (Phi) is 5.40. The van der Waals surface area contributed by atoms with Crippen molar-refractivity contribution < 1.29 is 4.79 Å². The monoisotopic (exact) mass is 288 g/mol. The van der Waals surface area contributed by atoms with Gasteiger partial charge in [-0.05, 0) is 57.3 Å². The van der Waals surface area contributed by atoms with Crippen molar-refractivity contribution in [1.29, 1.82) is 0 Å². The summed E-state index contributed by atoms with van der Waals surface area (Å²) in [5, 5.41) is 0. The van der Waals surface area contributed by atoms with Crippen LogP contribution in [0.1, 0.15) is 39.2 Å². The Bertz CT molecular complexity index is 484. The normalized spacial score (nSPS) is 16.2. The number of carbonyl (C=O) groups is 1. The second-order valence-corrected chi connectivity index (χ2v) is 6.56. The van der Waals surface area contributed by atoms with E-state index in [2.05, 4.69) is 44.0 Å². The highest BCUT2D eigenvalue weighted by Gasteiger charge is 2.27. The fraction of sp³-hybridized carbons (Fsp3) is 0.611. The summed E-state index contributed by atoms with van der Waals surface area (Å²) in [4.78, 5) is 17.0. The lowest BCUT2D eigenvalue weighted by molar-refractivity contribution is -0.123. The molecule has 1 aliphatic rings. The van der Waals surface area contributed by atoms with Crippen molar-refractivity contribution in [3.8, 4) is 0 Å². The fourth-order valence-corrected chi connectivity index (χ4v) is 2.83. The van der Waals surface area contributed by atoms with Crippen LogP contribution in [0.3, 0.4) is 0 Å². The summed E-state index contributed by atoms with van der Waals surface area (Å²) < 4.78 is 0. The van der Waals surface area contributed by atoms with Crippen molar-refractivity contribution in [3.63, 3.8) is 0 Å². The molecule has 1 aromatic carbocycles. The number of likely N-dealkylation sites (N-methyl/N-ethyl adjacent to an activating group) is 1. The third kappa shape index (κ3) is 3.85. The molecule has 0 aliphatic carbocycles. The highest BCUT2D eigenvalue weighted by atomic mass is 16.2. The van der Waals surface area contributed by atoms with Gasteiger partial charge in [-0.3, -0.25) is 9.69 Å². The standard InChI is InChI=1S/C18H28N2O/c1-14(2)11-13-19(4)15(3)18(21)20-12-7-9-16-8-5-6-10-17(16)20/h5-6,8,10,14-15H,7,9,11-13H2,1-4H3/t15-/m0/s1. The minimum absolute atomic E-state index is 0.0603. The average molecular weight is 288 g/mol. The van der Waals surface area contributed by atoms with Crippen LogP contribution in [0.25, 0.3) is 0 Å². The first-order valence-electron chi connectivity index (χ1n) is 8.10. The summed E-state index contributed by atoms with van der Waals surface area (Å²) in [6.45, 7) is 8.29. The number of carbonyl (C=O) groups excluding carboxylic acids is 1. The van der Waals surface area contributed by atoms with Crippen LogP contribution in [0, 0.1) is 5.92 Å². The highest BCUT2D eigenvalue weighted by molar-refractivity contribution is 5.97. The van der Waals surface area contributed by atoms with Crippen LogP contribution >= 0.6 is 0 Å². The number of para-hydroxylation sites is 1. The van der Waals surface area contributed by atoms with Gasteiger partial charge in [-0.25, -0.2) is 0 Å². The van der Waals surface area contributed by atoms with Crippen molar-refractivity contribution in [2.45, 2.75) is 46.1 Å². The number of benzene rings is 1. The summed E-state index contributed by atoms with van der Waals surface area (Å²) in [6, 6.07) is 8.24. The second-order valence-electron chi connectivity index (χ2n) is 6.56. The van der Waals surface area contributed by atoms with E-state index in [0.717, 1.165) is 38.0 Å². The number of amides is 1. The maximum Gasteiger partial charge on any atom is 0.244 e. The van der Waals surface area contributed by atoms with E-state index in [1.165, 1.54) is 5.56 Å². The predicted octanol–water partition coefficient (Wildman–Crippen LogP) is 3.33. The summed E-state index contributed by atoms with van der Waals surface area (Å²) >= 11 is 0. The first-order valence-corrected chi connectivity index (χ1v) is 8.10. The molecule has 1 aromatic rings. The summed E-state index contributed by atoms with van der Waals surface area (Å²) in [7, 11) is 2.06. The Morgan fingerprint density at radius 1 is 1.29 bits per heavy atom. The Morgan fingerprint density at radius 3 is 2.71 bits per heavy atom. The van der Waals surface area contributed by atoms with Crippen LogP contribution < -0.4 is 4.90 Å². The molecule has 116 valence electrons. The predicted molar refractivity (Wildman–Crippen MR) is 88.7 cm³/mol. The molecule has 3 heteroatoms. The van der Waals surface area contributed by atoms with Crippen molar-refractivity contribution in [2.24, 2.45) is 5.92 Å². The number of aryl methyl sites for hydroxylation is 1. The molecule has 3 nitrogen and oxygen atoms in total. The SMILES string of the molecule is CC(C)CCN(C)[C@@H](C)C(=O)N1CCCc2ccccc21. The average Bonchev–Trinajstić information content (AvgIpc) is 2.50. The minimum atomic E-state index is -0.0603. The van der Waals surface area contributed by atoms with E-state index in [4.69, 9.17) is 0 Å². The lowest BCUT2D eigenvalue weighted by Crippen LogP contribution is -2.47. The van der Waals surface area contributed by atoms with Crippen molar-refractivity contribution in [2.75, 3.05) is 25.0 Å². The Labute approximate surface area is 128 Å². The molecule has 0 fully saturated rings. The molecule has 1 aliphatic heterocycles. The van der Waals surface area contributed by atoms with Gasteiger partial charge in [-0.2, -0.15) is 0 Å². The lowest BCUT2D eigenvalue weighted by atomic mass is 10.0. The molecule has 0 saturated carbocycles. The first-order chi connectivity index (χ1) is 10.0. The smallest absolute Gasteiger partial charge is 0.244 e. The van der Waals surface area contributed by atoms with Gasteiger partial charge in [0.2, 0.25) is 5.91 Å². The van der Waals surface area contributed by atoms with Crippen LogP contribution in [0.2, 0.25) is 0 Å². The van der Waals surface area contributed by atoms with Crippen molar-refractivity contribution >= 4 is 11.6 Å². The molecule has 1 heterocycles. The van der Waals surface area contributed by atoms with Crippen molar-refractivity contribution in [1.82, 2.24) is 4.90 Å². The van der Waals surface area contributed by atoms with E-state index in [1.54, 1.807) is 0 Å². The van der Waals surface area contributed by atoms with E-state index in [1.807, 2.05) is 17.9 Å². The summed E-state index contributed by atoms with van der Waals surface area (Å²) in [5.41, 5.74) is 2.41. The third-order valence-corrected chi connectivity index (χ3v) is 4.45. The maximum atomic E-state index is 12.8. The number of hydrogen-bond acceptors (Lipinski definition) is 2. The molecule has 0 saturated heterocycles. The lowest BCUT2D eigenvalue weighted by Gasteiger charge is -2.34. The fourth-order valence-electron chi connectivity index (χ4n) is 2.83. The van der Waals surface area contributed by atoms with E-state index in [-0.39, 0.29) is 11.9 Å². The number of rotatable bonds is 5. The molecule has 0 spiro atoms. The topological polar surface area (TPSA) is 23.6 Å². The molecule has 0 aromatic heterocycles. The van der Waals surface area contributed by atoms with E-state index in [0.29, 0.717) is 5.92 Å². The largest absolute Gasteiger partial charge is 0.311 e. The minimum Gasteiger partial charge on any atom is -0.311 e. The van der Waals surface area contributed by atoms with E-state index >= 15 is 0 Å². The van der Waals surface area contributed by atoms with Gasteiger partial charge in [-0.15, -0.1) is 0 Å². The molecule has 0 radical (unpaired) electrons.